The van der Waals surface area contributed by atoms with E-state index in [0.717, 1.165) is 0 Å². The van der Waals surface area contributed by atoms with E-state index in [1.54, 1.807) is 31.4 Å². The van der Waals surface area contributed by atoms with E-state index in [1.807, 2.05) is 0 Å². The predicted octanol–water partition coefficient (Wildman–Crippen LogP) is 4.64. The average molecular weight is 362 g/mol. The van der Waals surface area contributed by atoms with Gasteiger partial charge >= 0.3 is 5.97 Å². The molecule has 22 heavy (non-hydrogen) atoms. The molecule has 2 aromatic rings. The third kappa shape index (κ3) is 4.44. The lowest BCUT2D eigenvalue weighted by Crippen LogP contribution is -2.18. The van der Waals surface area contributed by atoms with Gasteiger partial charge < -0.3 is 14.2 Å². The molecule has 0 saturated carbocycles. The molecule has 2 aromatic carbocycles. The van der Waals surface area contributed by atoms with Crippen molar-refractivity contribution in [2.45, 2.75) is 0 Å². The van der Waals surface area contributed by atoms with Crippen molar-refractivity contribution in [2.24, 2.45) is 0 Å². The molecule has 0 aromatic heterocycles. The third-order valence-corrected chi connectivity index (χ3v) is 3.37. The topological polar surface area (TPSA) is 44.8 Å². The van der Waals surface area contributed by atoms with Crippen LogP contribution in [-0.2, 0) is 4.79 Å². The summed E-state index contributed by atoms with van der Waals surface area (Å²) in [6.07, 6.45) is 0. The molecule has 0 N–H and O–H groups in total. The molecule has 0 unspecified atom stereocenters. The maximum Gasteiger partial charge on any atom is 0.349 e. The van der Waals surface area contributed by atoms with Crippen LogP contribution in [0.2, 0.25) is 15.1 Å². The van der Waals surface area contributed by atoms with Crippen molar-refractivity contribution in [1.82, 2.24) is 0 Å². The average Bonchev–Trinajstić information content (AvgIpc) is 2.49. The van der Waals surface area contributed by atoms with Crippen molar-refractivity contribution < 1.29 is 19.0 Å². The second-order valence-electron chi connectivity index (χ2n) is 4.14. The first-order valence-electron chi connectivity index (χ1n) is 6.11. The number of ether oxygens (including phenoxy) is 3. The summed E-state index contributed by atoms with van der Waals surface area (Å²) in [5.74, 6) is 0.610. The quantitative estimate of drug-likeness (QED) is 0.575. The summed E-state index contributed by atoms with van der Waals surface area (Å²) in [5, 5.41) is 0.648. The fourth-order valence-electron chi connectivity index (χ4n) is 1.58. The normalized spacial score (nSPS) is 10.2. The van der Waals surface area contributed by atoms with Crippen molar-refractivity contribution in [3.63, 3.8) is 0 Å². The van der Waals surface area contributed by atoms with Crippen LogP contribution in [0.25, 0.3) is 0 Å². The Morgan fingerprint density at radius 1 is 1.00 bits per heavy atom. The minimum Gasteiger partial charge on any atom is -0.497 e. The molecule has 0 radical (unpaired) electrons. The molecule has 0 heterocycles. The van der Waals surface area contributed by atoms with Gasteiger partial charge in [0.25, 0.3) is 0 Å². The molecule has 0 spiro atoms. The Balaban J connectivity index is 1.95. The van der Waals surface area contributed by atoms with E-state index in [4.69, 9.17) is 49.0 Å². The van der Waals surface area contributed by atoms with Gasteiger partial charge in [-0.05, 0) is 36.4 Å². The molecular weight excluding hydrogens is 351 g/mol. The van der Waals surface area contributed by atoms with Gasteiger partial charge in [0.15, 0.2) is 12.4 Å². The van der Waals surface area contributed by atoms with Gasteiger partial charge in [-0.3, -0.25) is 0 Å². The molecule has 0 aliphatic rings. The Morgan fingerprint density at radius 2 is 1.55 bits per heavy atom. The zero-order chi connectivity index (χ0) is 16.1. The van der Waals surface area contributed by atoms with E-state index in [1.165, 1.54) is 12.1 Å². The fraction of sp³-hybridized carbons (Fsp3) is 0.133. The van der Waals surface area contributed by atoms with E-state index in [0.29, 0.717) is 16.5 Å². The molecule has 116 valence electrons. The van der Waals surface area contributed by atoms with Crippen LogP contribution in [0.1, 0.15) is 0 Å². The van der Waals surface area contributed by atoms with Gasteiger partial charge in [0.2, 0.25) is 0 Å². The molecule has 2 rings (SSSR count). The summed E-state index contributed by atoms with van der Waals surface area (Å²) in [5.41, 5.74) is 0. The minimum absolute atomic E-state index is 0.0519. The molecule has 0 amide bonds. The number of rotatable bonds is 5. The van der Waals surface area contributed by atoms with Crippen molar-refractivity contribution in [3.8, 4) is 17.2 Å². The Bertz CT molecular complexity index is 648. The Hall–Kier alpha value is -1.62. The number of halogens is 3. The highest BCUT2D eigenvalue weighted by Crippen LogP contribution is 2.35. The Morgan fingerprint density at radius 3 is 2.09 bits per heavy atom. The zero-order valence-corrected chi connectivity index (χ0v) is 13.7. The highest BCUT2D eigenvalue weighted by molar-refractivity contribution is 6.40. The summed E-state index contributed by atoms with van der Waals surface area (Å²) in [6.45, 7) is -0.290. The fourth-order valence-corrected chi connectivity index (χ4v) is 2.48. The highest BCUT2D eigenvalue weighted by atomic mass is 35.5. The van der Waals surface area contributed by atoms with Gasteiger partial charge in [-0.25, -0.2) is 4.79 Å². The largest absolute Gasteiger partial charge is 0.497 e. The van der Waals surface area contributed by atoms with E-state index in [2.05, 4.69) is 0 Å². The molecule has 0 saturated heterocycles. The van der Waals surface area contributed by atoms with Gasteiger partial charge in [0.1, 0.15) is 11.5 Å². The summed E-state index contributed by atoms with van der Waals surface area (Å²) < 4.78 is 15.4. The van der Waals surface area contributed by atoms with Crippen molar-refractivity contribution in [3.05, 3.63) is 51.5 Å². The standard InChI is InChI=1S/C15H11Cl3O4/c1-20-10-2-4-11(5-3-10)21-8-14(19)22-15-12(17)6-9(16)7-13(15)18/h2-7H,8H2,1H3. The minimum atomic E-state index is -0.637. The lowest BCUT2D eigenvalue weighted by Gasteiger charge is -2.10. The first kappa shape index (κ1) is 16.7. The van der Waals surface area contributed by atoms with Crippen LogP contribution < -0.4 is 14.2 Å². The molecule has 0 aliphatic heterocycles. The summed E-state index contributed by atoms with van der Waals surface area (Å²) in [6, 6.07) is 9.65. The number of carbonyl (C=O) groups excluding carboxylic acids is 1. The van der Waals surface area contributed by atoms with E-state index in [-0.39, 0.29) is 22.4 Å². The molecule has 0 aliphatic carbocycles. The number of methoxy groups -OCH3 is 1. The number of benzene rings is 2. The molecule has 0 fully saturated rings. The second-order valence-corrected chi connectivity index (χ2v) is 5.39. The van der Waals surface area contributed by atoms with Crippen LogP contribution in [0.15, 0.2) is 36.4 Å². The van der Waals surface area contributed by atoms with Crippen molar-refractivity contribution in [2.75, 3.05) is 13.7 Å². The number of hydrogen-bond donors (Lipinski definition) is 0. The van der Waals surface area contributed by atoms with Gasteiger partial charge in [-0.2, -0.15) is 0 Å². The van der Waals surface area contributed by atoms with Gasteiger partial charge in [-0.15, -0.1) is 0 Å². The lowest BCUT2D eigenvalue weighted by atomic mass is 10.3. The second kappa shape index (κ2) is 7.58. The third-order valence-electron chi connectivity index (χ3n) is 2.60. The molecule has 4 nitrogen and oxygen atoms in total. The first-order chi connectivity index (χ1) is 10.5. The number of carbonyl (C=O) groups is 1. The van der Waals surface area contributed by atoms with Gasteiger partial charge in [0.05, 0.1) is 17.2 Å². The summed E-state index contributed by atoms with van der Waals surface area (Å²) >= 11 is 17.6. The zero-order valence-electron chi connectivity index (χ0n) is 11.4. The maximum absolute atomic E-state index is 11.8. The van der Waals surface area contributed by atoms with Gasteiger partial charge in [0, 0.05) is 5.02 Å². The van der Waals surface area contributed by atoms with Gasteiger partial charge in [-0.1, -0.05) is 34.8 Å². The number of esters is 1. The van der Waals surface area contributed by atoms with Crippen LogP contribution in [0, 0.1) is 0 Å². The van der Waals surface area contributed by atoms with Crippen LogP contribution in [0.5, 0.6) is 17.2 Å². The highest BCUT2D eigenvalue weighted by Gasteiger charge is 2.14. The smallest absolute Gasteiger partial charge is 0.349 e. The van der Waals surface area contributed by atoms with Crippen LogP contribution >= 0.6 is 34.8 Å². The lowest BCUT2D eigenvalue weighted by molar-refractivity contribution is -0.136. The summed E-state index contributed by atoms with van der Waals surface area (Å²) in [4.78, 5) is 11.8. The van der Waals surface area contributed by atoms with Crippen LogP contribution in [-0.4, -0.2) is 19.7 Å². The Labute approximate surface area is 142 Å². The van der Waals surface area contributed by atoms with Crippen LogP contribution in [0.4, 0.5) is 0 Å². The predicted molar refractivity (Wildman–Crippen MR) is 85.6 cm³/mol. The van der Waals surface area contributed by atoms with Crippen LogP contribution in [0.3, 0.4) is 0 Å². The molecular formula is C15H11Cl3O4. The van der Waals surface area contributed by atoms with Crippen molar-refractivity contribution >= 4 is 40.8 Å². The number of hydrogen-bond acceptors (Lipinski definition) is 4. The van der Waals surface area contributed by atoms with E-state index >= 15 is 0 Å². The van der Waals surface area contributed by atoms with Crippen molar-refractivity contribution in [1.29, 1.82) is 0 Å². The van der Waals surface area contributed by atoms with E-state index < -0.39 is 5.97 Å². The molecule has 0 atom stereocenters. The first-order valence-corrected chi connectivity index (χ1v) is 7.25. The maximum atomic E-state index is 11.8. The monoisotopic (exact) mass is 360 g/mol. The molecule has 7 heteroatoms. The van der Waals surface area contributed by atoms with E-state index in [9.17, 15) is 4.79 Å². The SMILES string of the molecule is COc1ccc(OCC(=O)Oc2c(Cl)cc(Cl)cc2Cl)cc1. The Kier molecular flexibility index (Phi) is 5.77. The molecule has 0 bridgehead atoms. The summed E-state index contributed by atoms with van der Waals surface area (Å²) in [7, 11) is 1.56.